The van der Waals surface area contributed by atoms with Crippen molar-refractivity contribution >= 4 is 26.7 Å². The molecule has 1 fully saturated rings. The Morgan fingerprint density at radius 2 is 1.59 bits per heavy atom. The zero-order valence-electron chi connectivity index (χ0n) is 18.6. The summed E-state index contributed by atoms with van der Waals surface area (Å²) in [7, 11) is -2.06. The molecule has 1 aliphatic rings. The SMILES string of the molecule is CN(Cc1ccc(C(F)(F)F)cc1)C(=O)C1CCN(S(=O)(=O)c2ccc3ccccc3c2)CC1. The first-order valence-electron chi connectivity index (χ1n) is 11.0. The summed E-state index contributed by atoms with van der Waals surface area (Å²) >= 11 is 0. The molecule has 5 nitrogen and oxygen atoms in total. The Morgan fingerprint density at radius 3 is 2.21 bits per heavy atom. The Labute approximate surface area is 196 Å². The van der Waals surface area contributed by atoms with E-state index >= 15 is 0 Å². The number of carbonyl (C=O) groups excluding carboxylic acids is 1. The molecule has 1 saturated heterocycles. The summed E-state index contributed by atoms with van der Waals surface area (Å²) in [6.45, 7) is 0.659. The molecule has 9 heteroatoms. The number of carbonyl (C=O) groups is 1. The highest BCUT2D eigenvalue weighted by Gasteiger charge is 2.33. The summed E-state index contributed by atoms with van der Waals surface area (Å²) < 4.78 is 65.9. The summed E-state index contributed by atoms with van der Waals surface area (Å²) in [6.07, 6.45) is -3.62. The molecule has 0 atom stereocenters. The van der Waals surface area contributed by atoms with Crippen LogP contribution in [0.4, 0.5) is 13.2 Å². The van der Waals surface area contributed by atoms with Crippen LogP contribution in [-0.2, 0) is 27.5 Å². The number of hydrogen-bond donors (Lipinski definition) is 0. The van der Waals surface area contributed by atoms with Gasteiger partial charge in [0.2, 0.25) is 15.9 Å². The lowest BCUT2D eigenvalue weighted by Crippen LogP contribution is -2.43. The van der Waals surface area contributed by atoms with E-state index < -0.39 is 21.8 Å². The van der Waals surface area contributed by atoms with E-state index in [1.165, 1.54) is 21.3 Å². The number of hydrogen-bond acceptors (Lipinski definition) is 3. The highest BCUT2D eigenvalue weighted by atomic mass is 32.2. The third-order valence-corrected chi connectivity index (χ3v) is 8.13. The van der Waals surface area contributed by atoms with Gasteiger partial charge in [0.05, 0.1) is 10.5 Å². The second kappa shape index (κ2) is 9.38. The van der Waals surface area contributed by atoms with Gasteiger partial charge in [0, 0.05) is 32.6 Å². The summed E-state index contributed by atoms with van der Waals surface area (Å²) in [6, 6.07) is 17.3. The Hall–Kier alpha value is -2.91. The lowest BCUT2D eigenvalue weighted by Gasteiger charge is -2.32. The van der Waals surface area contributed by atoms with Gasteiger partial charge in [-0.1, -0.05) is 42.5 Å². The topological polar surface area (TPSA) is 57.7 Å². The van der Waals surface area contributed by atoms with E-state index in [0.717, 1.165) is 22.9 Å². The molecule has 4 rings (SSSR count). The molecule has 0 aromatic heterocycles. The fourth-order valence-electron chi connectivity index (χ4n) is 4.28. The third kappa shape index (κ3) is 5.10. The number of alkyl halides is 3. The molecule has 1 aliphatic heterocycles. The number of nitrogens with zero attached hydrogens (tertiary/aromatic N) is 2. The third-order valence-electron chi connectivity index (χ3n) is 6.24. The van der Waals surface area contributed by atoms with Crippen LogP contribution in [0.15, 0.2) is 71.6 Å². The number of rotatable bonds is 5. The average Bonchev–Trinajstić information content (AvgIpc) is 2.83. The van der Waals surface area contributed by atoms with Gasteiger partial charge in [0.1, 0.15) is 0 Å². The second-order valence-corrected chi connectivity index (χ2v) is 10.5. The van der Waals surface area contributed by atoms with Gasteiger partial charge in [-0.3, -0.25) is 4.79 Å². The zero-order chi connectivity index (χ0) is 24.5. The van der Waals surface area contributed by atoms with Gasteiger partial charge in [0.15, 0.2) is 0 Å². The van der Waals surface area contributed by atoms with Gasteiger partial charge in [-0.05, 0) is 53.4 Å². The van der Waals surface area contributed by atoms with Crippen molar-refractivity contribution < 1.29 is 26.4 Å². The Bertz CT molecular complexity index is 1280. The summed E-state index contributed by atoms with van der Waals surface area (Å²) in [5.74, 6) is -0.467. The van der Waals surface area contributed by atoms with Crippen molar-refractivity contribution in [2.45, 2.75) is 30.5 Å². The van der Waals surface area contributed by atoms with Gasteiger partial charge in [-0.2, -0.15) is 17.5 Å². The summed E-state index contributed by atoms with van der Waals surface area (Å²) in [4.78, 5) is 14.6. The van der Waals surface area contributed by atoms with E-state index in [9.17, 15) is 26.4 Å². The van der Waals surface area contributed by atoms with Crippen molar-refractivity contribution in [3.8, 4) is 0 Å². The van der Waals surface area contributed by atoms with Crippen LogP contribution in [0.3, 0.4) is 0 Å². The first-order valence-corrected chi connectivity index (χ1v) is 12.4. The monoisotopic (exact) mass is 490 g/mol. The molecule has 0 bridgehead atoms. The van der Waals surface area contributed by atoms with Crippen LogP contribution in [0.5, 0.6) is 0 Å². The standard InChI is InChI=1S/C25H25F3N2O3S/c1-29(17-18-6-9-22(10-7-18)25(26,27)28)24(31)20-12-14-30(15-13-20)34(32,33)23-11-8-19-4-2-3-5-21(19)16-23/h2-11,16,20H,12-15,17H2,1H3. The fraction of sp³-hybridized carbons (Fsp3) is 0.320. The van der Waals surface area contributed by atoms with E-state index in [2.05, 4.69) is 0 Å². The van der Waals surface area contributed by atoms with E-state index in [1.807, 2.05) is 24.3 Å². The quantitative estimate of drug-likeness (QED) is 0.510. The van der Waals surface area contributed by atoms with Crippen LogP contribution in [0.2, 0.25) is 0 Å². The number of halogens is 3. The zero-order valence-corrected chi connectivity index (χ0v) is 19.4. The number of sulfonamides is 1. The fourth-order valence-corrected chi connectivity index (χ4v) is 5.79. The number of piperidine rings is 1. The highest BCUT2D eigenvalue weighted by molar-refractivity contribution is 7.89. The highest BCUT2D eigenvalue weighted by Crippen LogP contribution is 2.30. The van der Waals surface area contributed by atoms with E-state index in [4.69, 9.17) is 0 Å². The van der Waals surface area contributed by atoms with Crippen LogP contribution in [0.1, 0.15) is 24.0 Å². The maximum Gasteiger partial charge on any atom is 0.416 e. The van der Waals surface area contributed by atoms with Gasteiger partial charge in [-0.25, -0.2) is 8.42 Å². The molecular formula is C25H25F3N2O3S. The minimum Gasteiger partial charge on any atom is -0.341 e. The van der Waals surface area contributed by atoms with Crippen LogP contribution >= 0.6 is 0 Å². The second-order valence-electron chi connectivity index (χ2n) is 8.58. The normalized spacial score (nSPS) is 16.0. The van der Waals surface area contributed by atoms with Crippen LogP contribution in [-0.4, -0.2) is 43.7 Å². The Morgan fingerprint density at radius 1 is 0.971 bits per heavy atom. The number of amides is 1. The van der Waals surface area contributed by atoms with Gasteiger partial charge < -0.3 is 4.90 Å². The minimum atomic E-state index is -4.40. The van der Waals surface area contributed by atoms with Crippen LogP contribution in [0.25, 0.3) is 10.8 Å². The van der Waals surface area contributed by atoms with Crippen LogP contribution in [0, 0.1) is 5.92 Å². The molecule has 180 valence electrons. The molecule has 0 aliphatic carbocycles. The number of benzene rings is 3. The van der Waals surface area contributed by atoms with Crippen molar-refractivity contribution in [3.05, 3.63) is 77.9 Å². The molecule has 0 N–H and O–H groups in total. The Kier molecular flexibility index (Phi) is 6.69. The predicted octanol–water partition coefficient (Wildman–Crippen LogP) is 4.92. The maximum absolute atomic E-state index is 13.1. The first-order chi connectivity index (χ1) is 16.1. The molecular weight excluding hydrogens is 465 g/mol. The predicted molar refractivity (Wildman–Crippen MR) is 123 cm³/mol. The van der Waals surface area contributed by atoms with Crippen molar-refractivity contribution in [1.82, 2.24) is 9.21 Å². The molecule has 0 saturated carbocycles. The largest absolute Gasteiger partial charge is 0.416 e. The first kappa shape index (κ1) is 24.2. The minimum absolute atomic E-state index is 0.136. The van der Waals surface area contributed by atoms with Gasteiger partial charge in [0.25, 0.3) is 0 Å². The van der Waals surface area contributed by atoms with Crippen LogP contribution < -0.4 is 0 Å². The molecule has 0 unspecified atom stereocenters. The molecule has 34 heavy (non-hydrogen) atoms. The molecule has 1 amide bonds. The molecule has 3 aromatic carbocycles. The van der Waals surface area contributed by atoms with Gasteiger partial charge >= 0.3 is 6.18 Å². The van der Waals surface area contributed by atoms with Gasteiger partial charge in [-0.15, -0.1) is 0 Å². The van der Waals surface area contributed by atoms with E-state index in [0.29, 0.717) is 18.4 Å². The van der Waals surface area contributed by atoms with Crippen molar-refractivity contribution in [3.63, 3.8) is 0 Å². The summed E-state index contributed by atoms with van der Waals surface area (Å²) in [5, 5.41) is 1.81. The summed E-state index contributed by atoms with van der Waals surface area (Å²) in [5.41, 5.74) is -0.134. The molecule has 0 spiro atoms. The molecule has 0 radical (unpaired) electrons. The molecule has 3 aromatic rings. The van der Waals surface area contributed by atoms with Crippen molar-refractivity contribution in [2.24, 2.45) is 5.92 Å². The molecule has 1 heterocycles. The number of fused-ring (bicyclic) bond motifs is 1. The smallest absolute Gasteiger partial charge is 0.341 e. The lowest BCUT2D eigenvalue weighted by atomic mass is 9.96. The average molecular weight is 491 g/mol. The van der Waals surface area contributed by atoms with E-state index in [-0.39, 0.29) is 36.4 Å². The maximum atomic E-state index is 13.1. The Balaban J connectivity index is 1.37. The van der Waals surface area contributed by atoms with Crippen molar-refractivity contribution in [2.75, 3.05) is 20.1 Å². The van der Waals surface area contributed by atoms with E-state index in [1.54, 1.807) is 25.2 Å². The van der Waals surface area contributed by atoms with Crippen molar-refractivity contribution in [1.29, 1.82) is 0 Å². The lowest BCUT2D eigenvalue weighted by molar-refractivity contribution is -0.138.